The predicted octanol–water partition coefficient (Wildman–Crippen LogP) is 7.10. The first-order chi connectivity index (χ1) is 18.6. The SMILES string of the molecule is [C-]#[N+]C1=CC2(C)C3=CC(=O)C4C5CC(C)(C)CCC5(C(=O)n5cccn5)CCC4(C)C3(C)CCC2C(C)(C)C1=O. The Bertz CT molecular complexity index is 1420. The minimum atomic E-state index is -0.669. The number of fused-ring (bicyclic) bond motifs is 7. The van der Waals surface area contributed by atoms with Crippen LogP contribution >= 0.6 is 0 Å². The van der Waals surface area contributed by atoms with Gasteiger partial charge in [-0.15, -0.1) is 0 Å². The maximum absolute atomic E-state index is 14.6. The van der Waals surface area contributed by atoms with Crippen LogP contribution in [-0.4, -0.2) is 27.3 Å². The van der Waals surface area contributed by atoms with Gasteiger partial charge in [0.25, 0.3) is 5.91 Å². The first-order valence-corrected chi connectivity index (χ1v) is 15.0. The van der Waals surface area contributed by atoms with E-state index >= 15 is 0 Å². The first kappa shape index (κ1) is 27.4. The Kier molecular flexibility index (Phi) is 5.57. The van der Waals surface area contributed by atoms with Gasteiger partial charge in [0.1, 0.15) is 0 Å². The molecule has 40 heavy (non-hydrogen) atoms. The highest BCUT2D eigenvalue weighted by Crippen LogP contribution is 2.74. The molecular formula is C34H43N3O3. The molecule has 0 radical (unpaired) electrons. The third kappa shape index (κ3) is 3.21. The Hall–Kier alpha value is -2.81. The topological polar surface area (TPSA) is 73.4 Å². The molecule has 5 aliphatic carbocycles. The zero-order valence-electron chi connectivity index (χ0n) is 25.1. The van der Waals surface area contributed by atoms with Crippen LogP contribution in [0.2, 0.25) is 0 Å². The molecule has 3 fully saturated rings. The Balaban J connectivity index is 1.53. The molecule has 6 heteroatoms. The van der Waals surface area contributed by atoms with Crippen molar-refractivity contribution in [3.63, 3.8) is 0 Å². The van der Waals surface area contributed by atoms with Gasteiger partial charge in [0, 0.05) is 29.1 Å². The fourth-order valence-electron chi connectivity index (χ4n) is 10.6. The van der Waals surface area contributed by atoms with Gasteiger partial charge >= 0.3 is 0 Å². The third-order valence-corrected chi connectivity index (χ3v) is 13.0. The van der Waals surface area contributed by atoms with E-state index in [1.54, 1.807) is 18.5 Å². The van der Waals surface area contributed by atoms with Crippen molar-refractivity contribution in [3.05, 3.63) is 53.3 Å². The largest absolute Gasteiger partial charge is 0.307 e. The van der Waals surface area contributed by atoms with Crippen LogP contribution in [0.5, 0.6) is 0 Å². The highest BCUT2D eigenvalue weighted by atomic mass is 16.2. The number of hydrogen-bond acceptors (Lipinski definition) is 4. The van der Waals surface area contributed by atoms with E-state index in [0.717, 1.165) is 50.5 Å². The summed E-state index contributed by atoms with van der Waals surface area (Å²) in [5, 5.41) is 4.33. The summed E-state index contributed by atoms with van der Waals surface area (Å²) in [5.41, 5.74) is -1.06. The normalized spacial score (nSPS) is 43.2. The second kappa shape index (κ2) is 8.14. The quantitative estimate of drug-likeness (QED) is 0.356. The second-order valence-corrected chi connectivity index (χ2v) is 15.6. The molecule has 0 aromatic carbocycles. The van der Waals surface area contributed by atoms with Gasteiger partial charge in [0.15, 0.2) is 11.6 Å². The standard InChI is InChI=1S/C34H43N3O3/c1-29(2)12-14-34(28(40)37-17-9-16-36-37)15-13-33(7)26(21(34)19-29)23(38)18-25-31(5)20-22(35-8)27(39)30(3,4)24(31)10-11-32(25,33)6/h9,16-18,20-21,24,26H,10-15,19H2,1-7H3. The van der Waals surface area contributed by atoms with E-state index in [1.807, 2.05) is 26.0 Å². The van der Waals surface area contributed by atoms with Crippen LogP contribution in [-0.2, 0) is 9.59 Å². The number of aromatic nitrogens is 2. The van der Waals surface area contributed by atoms with E-state index in [9.17, 15) is 14.4 Å². The molecule has 0 aliphatic heterocycles. The summed E-state index contributed by atoms with van der Waals surface area (Å²) < 4.78 is 1.51. The molecule has 7 atom stereocenters. The number of rotatable bonds is 1. The van der Waals surface area contributed by atoms with Crippen LogP contribution in [0.1, 0.15) is 98.2 Å². The molecule has 212 valence electrons. The smallest absolute Gasteiger partial charge is 0.253 e. The van der Waals surface area contributed by atoms with Crippen molar-refractivity contribution in [3.8, 4) is 0 Å². The van der Waals surface area contributed by atoms with Crippen LogP contribution in [0.15, 0.2) is 41.9 Å². The molecule has 0 N–H and O–H groups in total. The van der Waals surface area contributed by atoms with Crippen molar-refractivity contribution < 1.29 is 14.4 Å². The van der Waals surface area contributed by atoms with Crippen LogP contribution in [0, 0.1) is 56.8 Å². The number of carbonyl (C=O) groups is 3. The summed E-state index contributed by atoms with van der Waals surface area (Å²) in [4.78, 5) is 45.7. The molecule has 5 aliphatic rings. The minimum absolute atomic E-state index is 0.0305. The number of nitrogens with zero attached hydrogens (tertiary/aromatic N) is 3. The highest BCUT2D eigenvalue weighted by molar-refractivity contribution is 6.03. The van der Waals surface area contributed by atoms with Gasteiger partial charge in [0.2, 0.25) is 5.70 Å². The summed E-state index contributed by atoms with van der Waals surface area (Å²) in [6.45, 7) is 23.1. The van der Waals surface area contributed by atoms with Gasteiger partial charge < -0.3 is 4.79 Å². The average molecular weight is 542 g/mol. The molecule has 0 saturated heterocycles. The summed E-state index contributed by atoms with van der Waals surface area (Å²) >= 11 is 0. The molecule has 3 saturated carbocycles. The van der Waals surface area contributed by atoms with Crippen molar-refractivity contribution in [2.75, 3.05) is 0 Å². The number of ketones is 2. The van der Waals surface area contributed by atoms with Crippen molar-refractivity contribution in [1.82, 2.24) is 9.78 Å². The van der Waals surface area contributed by atoms with E-state index in [4.69, 9.17) is 6.57 Å². The van der Waals surface area contributed by atoms with Gasteiger partial charge in [-0.25, -0.2) is 9.53 Å². The molecule has 6 nitrogen and oxygen atoms in total. The van der Waals surface area contributed by atoms with Gasteiger partial charge in [-0.05, 0) is 85.2 Å². The Morgan fingerprint density at radius 3 is 2.38 bits per heavy atom. The predicted molar refractivity (Wildman–Crippen MR) is 153 cm³/mol. The summed E-state index contributed by atoms with van der Waals surface area (Å²) in [6.07, 6.45) is 13.1. The summed E-state index contributed by atoms with van der Waals surface area (Å²) in [7, 11) is 0. The van der Waals surface area contributed by atoms with E-state index in [2.05, 4.69) is 44.6 Å². The fraction of sp³-hybridized carbons (Fsp3) is 0.676. The van der Waals surface area contributed by atoms with Gasteiger partial charge in [-0.2, -0.15) is 5.10 Å². The highest BCUT2D eigenvalue weighted by Gasteiger charge is 2.70. The van der Waals surface area contributed by atoms with Crippen LogP contribution < -0.4 is 0 Å². The van der Waals surface area contributed by atoms with E-state index in [0.29, 0.717) is 0 Å². The lowest BCUT2D eigenvalue weighted by Gasteiger charge is -2.69. The van der Waals surface area contributed by atoms with Crippen molar-refractivity contribution in [2.45, 2.75) is 93.4 Å². The Morgan fingerprint density at radius 2 is 1.73 bits per heavy atom. The molecule has 6 rings (SSSR count). The van der Waals surface area contributed by atoms with Crippen LogP contribution in [0.4, 0.5) is 0 Å². The maximum Gasteiger partial charge on any atom is 0.253 e. The van der Waals surface area contributed by atoms with Gasteiger partial charge in [-0.3, -0.25) is 9.59 Å². The monoisotopic (exact) mass is 541 g/mol. The fourth-order valence-corrected chi connectivity index (χ4v) is 10.6. The number of Topliss-reactive ketones (excluding diaryl/α,β-unsaturated/α-hetero) is 1. The molecular weight excluding hydrogens is 498 g/mol. The molecule has 1 aromatic heterocycles. The zero-order valence-corrected chi connectivity index (χ0v) is 25.1. The van der Waals surface area contributed by atoms with Crippen LogP contribution in [0.25, 0.3) is 4.85 Å². The van der Waals surface area contributed by atoms with Crippen molar-refractivity contribution >= 4 is 17.5 Å². The Labute approximate surface area is 238 Å². The summed E-state index contributed by atoms with van der Waals surface area (Å²) in [6, 6.07) is 1.80. The third-order valence-electron chi connectivity index (χ3n) is 13.0. The van der Waals surface area contributed by atoms with Gasteiger partial charge in [-0.1, -0.05) is 60.1 Å². The van der Waals surface area contributed by atoms with Crippen molar-refractivity contribution in [2.24, 2.45) is 50.2 Å². The maximum atomic E-state index is 14.6. The molecule has 0 spiro atoms. The Morgan fingerprint density at radius 1 is 1.02 bits per heavy atom. The van der Waals surface area contributed by atoms with E-state index < -0.39 is 16.2 Å². The zero-order chi connectivity index (χ0) is 29.1. The van der Waals surface area contributed by atoms with Crippen LogP contribution in [0.3, 0.4) is 0 Å². The molecule has 0 amide bonds. The first-order valence-electron chi connectivity index (χ1n) is 15.0. The van der Waals surface area contributed by atoms with Crippen molar-refractivity contribution in [1.29, 1.82) is 0 Å². The number of carbonyl (C=O) groups excluding carboxylic acids is 3. The summed E-state index contributed by atoms with van der Waals surface area (Å²) in [5.74, 6) is -0.188. The minimum Gasteiger partial charge on any atom is -0.307 e. The average Bonchev–Trinajstić information content (AvgIpc) is 3.42. The molecule has 1 aromatic rings. The number of hydrogen-bond donors (Lipinski definition) is 0. The molecule has 1 heterocycles. The molecule has 7 unspecified atom stereocenters. The second-order valence-electron chi connectivity index (χ2n) is 15.6. The lowest BCUT2D eigenvalue weighted by molar-refractivity contribution is -0.164. The number of allylic oxidation sites excluding steroid dienone is 4. The van der Waals surface area contributed by atoms with Gasteiger partial charge in [0.05, 0.1) is 12.0 Å². The van der Waals surface area contributed by atoms with E-state index in [-0.39, 0.29) is 57.2 Å². The molecule has 0 bridgehead atoms. The lowest BCUT2D eigenvalue weighted by Crippen LogP contribution is -2.66. The van der Waals surface area contributed by atoms with E-state index in [1.165, 1.54) is 4.68 Å². The lowest BCUT2D eigenvalue weighted by atomic mass is 9.34.